The number of rotatable bonds is 8. The zero-order chi connectivity index (χ0) is 19.5. The van der Waals surface area contributed by atoms with Gasteiger partial charge >= 0.3 is 5.97 Å². The molecule has 1 unspecified atom stereocenters. The fourth-order valence-electron chi connectivity index (χ4n) is 3.02. The number of hydrogen-bond acceptors (Lipinski definition) is 3. The summed E-state index contributed by atoms with van der Waals surface area (Å²) in [4.78, 5) is 14.6. The number of carbonyl (C=O) groups is 1. The van der Waals surface area contributed by atoms with Crippen molar-refractivity contribution in [1.82, 2.24) is 4.98 Å². The quantitative estimate of drug-likeness (QED) is 0.584. The lowest BCUT2D eigenvalue weighted by molar-refractivity contribution is -0.151. The van der Waals surface area contributed by atoms with E-state index in [1.54, 1.807) is 7.11 Å². The van der Waals surface area contributed by atoms with Gasteiger partial charge in [-0.2, -0.15) is 0 Å². The van der Waals surface area contributed by atoms with Gasteiger partial charge in [-0.15, -0.1) is 0 Å². The van der Waals surface area contributed by atoms with Crippen molar-refractivity contribution >= 4 is 16.9 Å². The van der Waals surface area contributed by atoms with Crippen LogP contribution in [0.1, 0.15) is 65.5 Å². The van der Waals surface area contributed by atoms with Crippen molar-refractivity contribution in [2.24, 2.45) is 5.92 Å². The first-order valence-corrected chi connectivity index (χ1v) is 9.77. The first-order chi connectivity index (χ1) is 12.4. The fourth-order valence-corrected chi connectivity index (χ4v) is 3.02. The van der Waals surface area contributed by atoms with Crippen LogP contribution in [-0.2, 0) is 9.53 Å². The highest BCUT2D eigenvalue weighted by Gasteiger charge is 2.17. The van der Waals surface area contributed by atoms with Crippen LogP contribution in [0, 0.1) is 12.8 Å². The topological polar surface area (TPSA) is 51.3 Å². The van der Waals surface area contributed by atoms with E-state index >= 15 is 0 Å². The molecule has 0 amide bonds. The second-order valence-corrected chi connectivity index (χ2v) is 6.78. The van der Waals surface area contributed by atoms with E-state index in [2.05, 4.69) is 31.8 Å². The van der Waals surface area contributed by atoms with E-state index in [-0.39, 0.29) is 12.1 Å². The Morgan fingerprint density at radius 3 is 2.42 bits per heavy atom. The number of benzene rings is 1. The second kappa shape index (κ2) is 11.6. The largest absolute Gasteiger partial charge is 0.497 e. The van der Waals surface area contributed by atoms with Crippen LogP contribution in [0.25, 0.3) is 10.9 Å². The number of fused-ring (bicyclic) bond motifs is 1. The molecule has 4 nitrogen and oxygen atoms in total. The molecule has 0 aliphatic heterocycles. The Balaban J connectivity index is 0.000000262. The molecule has 1 aromatic heterocycles. The molecule has 0 spiro atoms. The molecule has 0 aliphatic rings. The third-order valence-corrected chi connectivity index (χ3v) is 4.73. The molecule has 1 aromatic carbocycles. The molecular formula is C22H35NO3. The van der Waals surface area contributed by atoms with Crippen LogP contribution in [0.4, 0.5) is 0 Å². The van der Waals surface area contributed by atoms with E-state index in [9.17, 15) is 4.79 Å². The van der Waals surface area contributed by atoms with Gasteiger partial charge in [0.1, 0.15) is 11.9 Å². The molecule has 0 saturated heterocycles. The van der Waals surface area contributed by atoms with Crippen molar-refractivity contribution in [3.8, 4) is 5.75 Å². The van der Waals surface area contributed by atoms with Crippen LogP contribution in [-0.4, -0.2) is 24.2 Å². The molecule has 0 aliphatic carbocycles. The van der Waals surface area contributed by atoms with Gasteiger partial charge in [0.15, 0.2) is 0 Å². The van der Waals surface area contributed by atoms with E-state index in [1.165, 1.54) is 11.1 Å². The number of unbranched alkanes of at least 4 members (excludes halogenated alkanes) is 1. The predicted molar refractivity (Wildman–Crippen MR) is 109 cm³/mol. The van der Waals surface area contributed by atoms with Crippen molar-refractivity contribution in [2.75, 3.05) is 7.11 Å². The van der Waals surface area contributed by atoms with Gasteiger partial charge in [-0.1, -0.05) is 27.2 Å². The zero-order valence-electron chi connectivity index (χ0n) is 17.2. The number of ether oxygens (including phenoxy) is 2. The molecule has 2 aromatic rings. The van der Waals surface area contributed by atoms with Gasteiger partial charge in [0, 0.05) is 23.0 Å². The SMILES string of the molecule is CCCCC(=O)OC(C)C(CC)CC.COc1ccc2[nH]c(C)cc2c1. The minimum Gasteiger partial charge on any atom is -0.497 e. The highest BCUT2D eigenvalue weighted by molar-refractivity contribution is 5.81. The standard InChI is InChI=1S/C12H24O2.C10H11NO/c1-5-8-9-12(13)14-10(4)11(6-2)7-3;1-7-5-8-6-9(12-2)3-4-10(8)11-7/h10-11H,5-9H2,1-4H3;3-6,11H,1-2H3. The highest BCUT2D eigenvalue weighted by Crippen LogP contribution is 2.20. The molecule has 1 atom stereocenters. The summed E-state index contributed by atoms with van der Waals surface area (Å²) in [6, 6.07) is 8.12. The van der Waals surface area contributed by atoms with Crippen LogP contribution in [0.5, 0.6) is 5.75 Å². The number of hydrogen-bond donors (Lipinski definition) is 1. The minimum absolute atomic E-state index is 0.0359. The monoisotopic (exact) mass is 361 g/mol. The van der Waals surface area contributed by atoms with Crippen LogP contribution in [0.2, 0.25) is 0 Å². The zero-order valence-corrected chi connectivity index (χ0v) is 17.2. The minimum atomic E-state index is -0.0359. The normalized spacial score (nSPS) is 11.8. The van der Waals surface area contributed by atoms with Gasteiger partial charge in [0.2, 0.25) is 0 Å². The molecule has 0 fully saturated rings. The van der Waals surface area contributed by atoms with Gasteiger partial charge in [-0.05, 0) is 63.3 Å². The maximum atomic E-state index is 11.3. The number of aryl methyl sites for hydroxylation is 1. The van der Waals surface area contributed by atoms with Crippen molar-refractivity contribution < 1.29 is 14.3 Å². The summed E-state index contributed by atoms with van der Waals surface area (Å²) in [5.74, 6) is 1.38. The molecule has 0 bridgehead atoms. The summed E-state index contributed by atoms with van der Waals surface area (Å²) in [7, 11) is 1.68. The number of aromatic nitrogens is 1. The number of H-pyrrole nitrogens is 1. The lowest BCUT2D eigenvalue weighted by Crippen LogP contribution is -2.23. The van der Waals surface area contributed by atoms with E-state index in [4.69, 9.17) is 9.47 Å². The number of aromatic amines is 1. The van der Waals surface area contributed by atoms with Crippen LogP contribution >= 0.6 is 0 Å². The first kappa shape index (κ1) is 22.1. The summed E-state index contributed by atoms with van der Waals surface area (Å²) in [5, 5.41) is 1.20. The average molecular weight is 362 g/mol. The van der Waals surface area contributed by atoms with Crippen molar-refractivity contribution in [3.05, 3.63) is 30.0 Å². The molecule has 26 heavy (non-hydrogen) atoms. The third-order valence-electron chi connectivity index (χ3n) is 4.73. The third kappa shape index (κ3) is 7.11. The molecule has 1 N–H and O–H groups in total. The lowest BCUT2D eigenvalue weighted by Gasteiger charge is -2.21. The summed E-state index contributed by atoms with van der Waals surface area (Å²) < 4.78 is 10.5. The molecule has 2 rings (SSSR count). The number of methoxy groups -OCH3 is 1. The summed E-state index contributed by atoms with van der Waals surface area (Å²) in [6.45, 7) is 10.4. The Labute approximate surface area is 158 Å². The molecule has 4 heteroatoms. The van der Waals surface area contributed by atoms with Crippen LogP contribution < -0.4 is 4.74 Å². The van der Waals surface area contributed by atoms with Crippen molar-refractivity contribution in [2.45, 2.75) is 72.8 Å². The van der Waals surface area contributed by atoms with Gasteiger partial charge in [-0.3, -0.25) is 4.79 Å². The van der Waals surface area contributed by atoms with E-state index in [1.807, 2.05) is 32.0 Å². The Bertz CT molecular complexity index is 658. The second-order valence-electron chi connectivity index (χ2n) is 6.78. The van der Waals surface area contributed by atoms with Crippen molar-refractivity contribution in [1.29, 1.82) is 0 Å². The Kier molecular flexibility index (Phi) is 9.85. The number of carbonyl (C=O) groups excluding carboxylic acids is 1. The van der Waals surface area contributed by atoms with E-state index in [0.29, 0.717) is 12.3 Å². The number of nitrogens with one attached hydrogen (secondary N) is 1. The molecule has 146 valence electrons. The van der Waals surface area contributed by atoms with Crippen LogP contribution in [0.3, 0.4) is 0 Å². The molecule has 0 radical (unpaired) electrons. The van der Waals surface area contributed by atoms with Crippen molar-refractivity contribution in [3.63, 3.8) is 0 Å². The van der Waals surface area contributed by atoms with Gasteiger partial charge < -0.3 is 14.5 Å². The molecule has 0 saturated carbocycles. The van der Waals surface area contributed by atoms with Gasteiger partial charge in [0.05, 0.1) is 7.11 Å². The van der Waals surface area contributed by atoms with E-state index in [0.717, 1.165) is 36.9 Å². The Morgan fingerprint density at radius 2 is 1.85 bits per heavy atom. The van der Waals surface area contributed by atoms with Gasteiger partial charge in [0.25, 0.3) is 0 Å². The maximum absolute atomic E-state index is 11.3. The van der Waals surface area contributed by atoms with Gasteiger partial charge in [-0.25, -0.2) is 0 Å². The maximum Gasteiger partial charge on any atom is 0.306 e. The summed E-state index contributed by atoms with van der Waals surface area (Å²) >= 11 is 0. The smallest absolute Gasteiger partial charge is 0.306 e. The Hall–Kier alpha value is -1.97. The molecule has 1 heterocycles. The predicted octanol–water partition coefficient (Wildman–Crippen LogP) is 6.03. The number of esters is 1. The Morgan fingerprint density at radius 1 is 1.15 bits per heavy atom. The average Bonchev–Trinajstić information content (AvgIpc) is 3.00. The molecular weight excluding hydrogens is 326 g/mol. The van der Waals surface area contributed by atoms with Crippen LogP contribution in [0.15, 0.2) is 24.3 Å². The van der Waals surface area contributed by atoms with E-state index < -0.39 is 0 Å². The summed E-state index contributed by atoms with van der Waals surface area (Å²) in [5.41, 5.74) is 2.34. The fraction of sp³-hybridized carbons (Fsp3) is 0.591. The highest BCUT2D eigenvalue weighted by atomic mass is 16.5. The first-order valence-electron chi connectivity index (χ1n) is 9.77. The summed E-state index contributed by atoms with van der Waals surface area (Å²) in [6.07, 6.45) is 4.80. The lowest BCUT2D eigenvalue weighted by atomic mass is 9.98.